The number of nitrogens with zero attached hydrogens (tertiary/aromatic N) is 2. The van der Waals surface area contributed by atoms with Crippen molar-refractivity contribution >= 4 is 29.2 Å². The maximum atomic E-state index is 12.2. The Labute approximate surface area is 170 Å². The Morgan fingerprint density at radius 3 is 2.61 bits per heavy atom. The second kappa shape index (κ2) is 9.57. The number of hydrogen-bond acceptors (Lipinski definition) is 3. The normalized spacial score (nSPS) is 16.5. The Kier molecular flexibility index (Phi) is 6.90. The quantitative estimate of drug-likeness (QED) is 0.751. The van der Waals surface area contributed by atoms with Gasteiger partial charge in [-0.3, -0.25) is 4.79 Å². The van der Waals surface area contributed by atoms with Crippen LogP contribution in [0.25, 0.3) is 0 Å². The van der Waals surface area contributed by atoms with Crippen molar-refractivity contribution < 1.29 is 9.59 Å². The molecule has 28 heavy (non-hydrogen) atoms. The molecule has 6 nitrogen and oxygen atoms in total. The molecule has 0 bridgehead atoms. The van der Waals surface area contributed by atoms with Crippen LogP contribution in [-0.4, -0.2) is 49.6 Å². The van der Waals surface area contributed by atoms with E-state index in [0.717, 1.165) is 18.8 Å². The molecule has 1 aliphatic heterocycles. The van der Waals surface area contributed by atoms with Crippen molar-refractivity contribution in [1.29, 1.82) is 0 Å². The van der Waals surface area contributed by atoms with Gasteiger partial charge in [-0.1, -0.05) is 41.9 Å². The van der Waals surface area contributed by atoms with Crippen molar-refractivity contribution in [3.63, 3.8) is 0 Å². The van der Waals surface area contributed by atoms with Gasteiger partial charge in [-0.15, -0.1) is 0 Å². The minimum absolute atomic E-state index is 0.00443. The van der Waals surface area contributed by atoms with E-state index >= 15 is 0 Å². The van der Waals surface area contributed by atoms with Crippen LogP contribution in [0.5, 0.6) is 0 Å². The van der Waals surface area contributed by atoms with E-state index in [9.17, 15) is 9.59 Å². The van der Waals surface area contributed by atoms with Gasteiger partial charge in [0.05, 0.1) is 6.04 Å². The summed E-state index contributed by atoms with van der Waals surface area (Å²) in [5.74, 6) is -0.00443. The average molecular weight is 401 g/mol. The standard InChI is InChI=1S/C21H25ClN4O2/c1-25(14-16-5-3-2-4-6-16)12-11-23-21(28)24-18-13-20(27)26(15-18)19-9-7-17(22)8-10-19/h2-10,18H,11-15H2,1H3,(H2,23,24,28)/t18-/m0/s1. The van der Waals surface area contributed by atoms with Crippen molar-refractivity contribution in [3.05, 3.63) is 65.2 Å². The van der Waals surface area contributed by atoms with E-state index in [1.807, 2.05) is 37.4 Å². The summed E-state index contributed by atoms with van der Waals surface area (Å²) in [6.45, 7) is 2.57. The summed E-state index contributed by atoms with van der Waals surface area (Å²) in [6, 6.07) is 16.9. The number of halogens is 1. The molecule has 3 rings (SSSR count). The van der Waals surface area contributed by atoms with E-state index in [0.29, 0.717) is 24.5 Å². The number of benzene rings is 2. The van der Waals surface area contributed by atoms with Gasteiger partial charge in [0.25, 0.3) is 0 Å². The predicted octanol–water partition coefficient (Wildman–Crippen LogP) is 2.88. The SMILES string of the molecule is CN(CCNC(=O)N[C@H]1CC(=O)N(c2ccc(Cl)cc2)C1)Cc1ccccc1. The number of amides is 3. The molecule has 0 radical (unpaired) electrons. The molecule has 0 saturated carbocycles. The van der Waals surface area contributed by atoms with Crippen molar-refractivity contribution in [2.24, 2.45) is 0 Å². The Morgan fingerprint density at radius 1 is 1.18 bits per heavy atom. The molecule has 2 N–H and O–H groups in total. The fourth-order valence-electron chi connectivity index (χ4n) is 3.25. The molecule has 0 spiro atoms. The first-order chi connectivity index (χ1) is 13.5. The van der Waals surface area contributed by atoms with Gasteiger partial charge in [-0.2, -0.15) is 0 Å². The molecule has 0 aromatic heterocycles. The first kappa shape index (κ1) is 20.2. The lowest BCUT2D eigenvalue weighted by Gasteiger charge is -2.19. The average Bonchev–Trinajstić information content (AvgIpc) is 3.03. The van der Waals surface area contributed by atoms with E-state index in [1.165, 1.54) is 5.56 Å². The highest BCUT2D eigenvalue weighted by Gasteiger charge is 2.31. The zero-order valence-corrected chi connectivity index (χ0v) is 16.7. The van der Waals surface area contributed by atoms with Crippen LogP contribution in [0.15, 0.2) is 54.6 Å². The molecule has 1 fully saturated rings. The summed E-state index contributed by atoms with van der Waals surface area (Å²) in [5, 5.41) is 6.38. The number of rotatable bonds is 7. The third-order valence-electron chi connectivity index (χ3n) is 4.67. The number of hydrogen-bond donors (Lipinski definition) is 2. The summed E-state index contributed by atoms with van der Waals surface area (Å²) >= 11 is 5.90. The van der Waals surface area contributed by atoms with Crippen molar-refractivity contribution in [1.82, 2.24) is 15.5 Å². The third-order valence-corrected chi connectivity index (χ3v) is 4.92. The van der Waals surface area contributed by atoms with E-state index in [1.54, 1.807) is 17.0 Å². The Balaban J connectivity index is 1.39. The fraction of sp³-hybridized carbons (Fsp3) is 0.333. The number of anilines is 1. The predicted molar refractivity (Wildman–Crippen MR) is 112 cm³/mol. The van der Waals surface area contributed by atoms with Gasteiger partial charge < -0.3 is 20.4 Å². The van der Waals surface area contributed by atoms with Crippen LogP contribution in [0, 0.1) is 0 Å². The minimum atomic E-state index is -0.246. The highest BCUT2D eigenvalue weighted by atomic mass is 35.5. The Hall–Kier alpha value is -2.57. The molecular formula is C21H25ClN4O2. The highest BCUT2D eigenvalue weighted by Crippen LogP contribution is 2.23. The number of likely N-dealkylation sites (N-methyl/N-ethyl adjacent to an activating group) is 1. The first-order valence-electron chi connectivity index (χ1n) is 9.34. The lowest BCUT2D eigenvalue weighted by Crippen LogP contribution is -2.45. The van der Waals surface area contributed by atoms with Crippen LogP contribution in [-0.2, 0) is 11.3 Å². The highest BCUT2D eigenvalue weighted by molar-refractivity contribution is 6.30. The largest absolute Gasteiger partial charge is 0.337 e. The van der Waals surface area contributed by atoms with Gasteiger partial charge in [-0.05, 0) is 36.9 Å². The summed E-state index contributed by atoms with van der Waals surface area (Å²) in [5.41, 5.74) is 2.03. The molecule has 1 saturated heterocycles. The molecular weight excluding hydrogens is 376 g/mol. The van der Waals surface area contributed by atoms with E-state index in [4.69, 9.17) is 11.6 Å². The minimum Gasteiger partial charge on any atom is -0.337 e. The zero-order valence-electron chi connectivity index (χ0n) is 15.9. The molecule has 2 aromatic rings. The van der Waals surface area contributed by atoms with Crippen LogP contribution < -0.4 is 15.5 Å². The van der Waals surface area contributed by atoms with Crippen LogP contribution in [0.1, 0.15) is 12.0 Å². The number of urea groups is 1. The summed E-state index contributed by atoms with van der Waals surface area (Å²) in [6.07, 6.45) is 0.296. The van der Waals surface area contributed by atoms with Crippen molar-refractivity contribution in [3.8, 4) is 0 Å². The van der Waals surface area contributed by atoms with Crippen molar-refractivity contribution in [2.45, 2.75) is 19.0 Å². The van der Waals surface area contributed by atoms with Gasteiger partial charge in [0.15, 0.2) is 0 Å². The van der Waals surface area contributed by atoms with Crippen molar-refractivity contribution in [2.75, 3.05) is 31.6 Å². The Morgan fingerprint density at radius 2 is 1.89 bits per heavy atom. The van der Waals surface area contributed by atoms with Gasteiger partial charge in [-0.25, -0.2) is 4.79 Å². The Bertz CT molecular complexity index is 798. The molecule has 0 unspecified atom stereocenters. The molecule has 3 amide bonds. The van der Waals surface area contributed by atoms with Crippen LogP contribution in [0.3, 0.4) is 0 Å². The summed E-state index contributed by atoms with van der Waals surface area (Å²) < 4.78 is 0. The van der Waals surface area contributed by atoms with Gasteiger partial charge in [0.1, 0.15) is 0 Å². The second-order valence-corrected chi connectivity index (χ2v) is 7.44. The number of nitrogens with one attached hydrogen (secondary N) is 2. The van der Waals surface area contributed by atoms with Crippen LogP contribution in [0.4, 0.5) is 10.5 Å². The summed E-state index contributed by atoms with van der Waals surface area (Å²) in [7, 11) is 2.02. The second-order valence-electron chi connectivity index (χ2n) is 7.01. The maximum absolute atomic E-state index is 12.2. The molecule has 7 heteroatoms. The number of carbonyl (C=O) groups excluding carboxylic acids is 2. The summed E-state index contributed by atoms with van der Waals surface area (Å²) in [4.78, 5) is 28.2. The van der Waals surface area contributed by atoms with E-state index in [-0.39, 0.29) is 18.0 Å². The molecule has 0 aliphatic carbocycles. The lowest BCUT2D eigenvalue weighted by molar-refractivity contribution is -0.117. The monoisotopic (exact) mass is 400 g/mol. The topological polar surface area (TPSA) is 64.7 Å². The third kappa shape index (κ3) is 5.71. The smallest absolute Gasteiger partial charge is 0.315 e. The van der Waals surface area contributed by atoms with Gasteiger partial charge >= 0.3 is 6.03 Å². The molecule has 2 aromatic carbocycles. The number of carbonyl (C=O) groups is 2. The molecule has 1 aliphatic rings. The molecule has 1 heterocycles. The van der Waals surface area contributed by atoms with E-state index in [2.05, 4.69) is 27.7 Å². The maximum Gasteiger partial charge on any atom is 0.315 e. The molecule has 1 atom stereocenters. The van der Waals surface area contributed by atoms with Crippen LogP contribution in [0.2, 0.25) is 5.02 Å². The zero-order chi connectivity index (χ0) is 19.9. The first-order valence-corrected chi connectivity index (χ1v) is 9.72. The fourth-order valence-corrected chi connectivity index (χ4v) is 3.37. The molecule has 148 valence electrons. The van der Waals surface area contributed by atoms with E-state index < -0.39 is 0 Å². The van der Waals surface area contributed by atoms with Crippen LogP contribution >= 0.6 is 11.6 Å². The lowest BCUT2D eigenvalue weighted by atomic mass is 10.2. The van der Waals surface area contributed by atoms with Gasteiger partial charge in [0, 0.05) is 43.3 Å². The van der Waals surface area contributed by atoms with Gasteiger partial charge in [0.2, 0.25) is 5.91 Å².